The van der Waals surface area contributed by atoms with Crippen LogP contribution in [0.3, 0.4) is 0 Å². The number of rotatable bonds is 3. The van der Waals surface area contributed by atoms with Crippen molar-refractivity contribution in [2.45, 2.75) is 19.9 Å². The van der Waals surface area contributed by atoms with Gasteiger partial charge in [0.2, 0.25) is 0 Å². The maximum Gasteiger partial charge on any atom is 0.131 e. The number of aromatic nitrogens is 1. The van der Waals surface area contributed by atoms with E-state index in [1.54, 1.807) is 0 Å². The Balaban J connectivity index is 1.69. The summed E-state index contributed by atoms with van der Waals surface area (Å²) in [5.74, 6) is 0.835. The lowest BCUT2D eigenvalue weighted by Crippen LogP contribution is -2.25. The van der Waals surface area contributed by atoms with Crippen LogP contribution in [0.15, 0.2) is 54.6 Å². The summed E-state index contributed by atoms with van der Waals surface area (Å²) >= 11 is 6.32. The molecule has 0 aliphatic carbocycles. The zero-order valence-corrected chi connectivity index (χ0v) is 14.9. The normalized spacial score (nSPS) is 13.4. The lowest BCUT2D eigenvalue weighted by Gasteiger charge is -2.23. The van der Waals surface area contributed by atoms with E-state index in [4.69, 9.17) is 16.6 Å². The van der Waals surface area contributed by atoms with Crippen LogP contribution in [0.4, 0.5) is 11.5 Å². The highest BCUT2D eigenvalue weighted by molar-refractivity contribution is 6.33. The number of hydrogen-bond acceptors (Lipinski definition) is 3. The molecule has 0 unspecified atom stereocenters. The van der Waals surface area contributed by atoms with Gasteiger partial charge in [-0.25, -0.2) is 4.98 Å². The minimum Gasteiger partial charge on any atom is -0.340 e. The number of nitrogens with one attached hydrogen (secondary N) is 2. The first-order chi connectivity index (χ1) is 12.2. The Morgan fingerprint density at radius 2 is 1.88 bits per heavy atom. The zero-order valence-electron chi connectivity index (χ0n) is 14.1. The smallest absolute Gasteiger partial charge is 0.131 e. The van der Waals surface area contributed by atoms with Crippen LogP contribution in [-0.4, -0.2) is 11.5 Å². The summed E-state index contributed by atoms with van der Waals surface area (Å²) in [6, 6.07) is 18.1. The van der Waals surface area contributed by atoms with E-state index in [1.807, 2.05) is 42.5 Å². The Hall–Kier alpha value is -2.36. The van der Waals surface area contributed by atoms with Gasteiger partial charge < -0.3 is 10.6 Å². The Labute approximate surface area is 153 Å². The molecule has 0 radical (unpaired) electrons. The Bertz CT molecular complexity index is 921. The van der Waals surface area contributed by atoms with Crippen molar-refractivity contribution in [2.75, 3.05) is 11.9 Å². The molecule has 3 nitrogen and oxygen atoms in total. The zero-order chi connectivity index (χ0) is 17.2. The van der Waals surface area contributed by atoms with E-state index >= 15 is 0 Å². The molecule has 4 heteroatoms. The fourth-order valence-corrected chi connectivity index (χ4v) is 3.58. The molecule has 0 spiro atoms. The highest BCUT2D eigenvalue weighted by Gasteiger charge is 2.15. The Morgan fingerprint density at radius 3 is 2.76 bits per heavy atom. The van der Waals surface area contributed by atoms with Crippen LogP contribution in [0.5, 0.6) is 0 Å². The van der Waals surface area contributed by atoms with Crippen molar-refractivity contribution >= 4 is 23.1 Å². The van der Waals surface area contributed by atoms with Crippen molar-refractivity contribution < 1.29 is 0 Å². The molecule has 3 aromatic rings. The molecular formula is C21H20ClN3. The van der Waals surface area contributed by atoms with Crippen LogP contribution in [-0.2, 0) is 13.0 Å². The second-order valence-corrected chi connectivity index (χ2v) is 6.73. The number of halogens is 1. The van der Waals surface area contributed by atoms with E-state index in [-0.39, 0.29) is 0 Å². The van der Waals surface area contributed by atoms with Gasteiger partial charge in [0.1, 0.15) is 5.82 Å². The predicted molar refractivity (Wildman–Crippen MR) is 105 cm³/mol. The lowest BCUT2D eigenvalue weighted by atomic mass is 9.95. The molecule has 1 aliphatic rings. The number of anilines is 2. The Morgan fingerprint density at radius 1 is 1.00 bits per heavy atom. The first-order valence-electron chi connectivity index (χ1n) is 8.53. The molecule has 2 N–H and O–H groups in total. The van der Waals surface area contributed by atoms with Crippen molar-refractivity contribution in [3.05, 3.63) is 76.3 Å². The van der Waals surface area contributed by atoms with Crippen LogP contribution in [0.25, 0.3) is 11.3 Å². The van der Waals surface area contributed by atoms with Gasteiger partial charge >= 0.3 is 0 Å². The molecule has 1 aliphatic heterocycles. The minimum atomic E-state index is 0.714. The van der Waals surface area contributed by atoms with Crippen LogP contribution in [0.1, 0.15) is 16.7 Å². The average Bonchev–Trinajstić information content (AvgIpc) is 2.65. The SMILES string of the molecule is Cc1ccc(Nc2cccc(-c3ccccc3Cl)n2)c2c1CNCC2. The standard InChI is InChI=1S/C21H20ClN3/c1-14-9-10-20(15-11-12-23-13-17(14)15)25-21-8-4-7-19(24-21)16-5-2-3-6-18(16)22/h2-10,23H,11-13H2,1H3,(H,24,25). The third-order valence-electron chi connectivity index (χ3n) is 4.68. The van der Waals surface area contributed by atoms with Crippen molar-refractivity contribution in [2.24, 2.45) is 0 Å². The Kier molecular flexibility index (Phi) is 4.43. The second kappa shape index (κ2) is 6.87. The molecule has 0 bridgehead atoms. The van der Waals surface area contributed by atoms with E-state index in [0.717, 1.165) is 42.3 Å². The number of hydrogen-bond donors (Lipinski definition) is 2. The maximum absolute atomic E-state index is 6.32. The van der Waals surface area contributed by atoms with Gasteiger partial charge in [0.15, 0.2) is 0 Å². The van der Waals surface area contributed by atoms with E-state index in [9.17, 15) is 0 Å². The summed E-state index contributed by atoms with van der Waals surface area (Å²) < 4.78 is 0. The molecule has 4 rings (SSSR count). The van der Waals surface area contributed by atoms with Gasteiger partial charge in [-0.15, -0.1) is 0 Å². The van der Waals surface area contributed by atoms with Crippen molar-refractivity contribution in [3.63, 3.8) is 0 Å². The molecule has 2 aromatic carbocycles. The van der Waals surface area contributed by atoms with E-state index in [1.165, 1.54) is 16.7 Å². The fourth-order valence-electron chi connectivity index (χ4n) is 3.35. The predicted octanol–water partition coefficient (Wildman–Crippen LogP) is 5.10. The van der Waals surface area contributed by atoms with E-state index in [2.05, 4.69) is 29.7 Å². The molecule has 0 fully saturated rings. The highest BCUT2D eigenvalue weighted by Crippen LogP contribution is 2.30. The van der Waals surface area contributed by atoms with Crippen LogP contribution in [0.2, 0.25) is 5.02 Å². The fraction of sp³-hybridized carbons (Fsp3) is 0.190. The molecule has 2 heterocycles. The largest absolute Gasteiger partial charge is 0.340 e. The van der Waals surface area contributed by atoms with Gasteiger partial charge in [-0.3, -0.25) is 0 Å². The van der Waals surface area contributed by atoms with Gasteiger partial charge in [0.05, 0.1) is 5.69 Å². The van der Waals surface area contributed by atoms with Crippen LogP contribution < -0.4 is 10.6 Å². The van der Waals surface area contributed by atoms with Crippen LogP contribution >= 0.6 is 11.6 Å². The third kappa shape index (κ3) is 3.26. The molecule has 0 saturated carbocycles. The van der Waals surface area contributed by atoms with Crippen molar-refractivity contribution in [3.8, 4) is 11.3 Å². The third-order valence-corrected chi connectivity index (χ3v) is 5.01. The second-order valence-electron chi connectivity index (χ2n) is 6.33. The number of aryl methyl sites for hydroxylation is 1. The molecule has 1 aromatic heterocycles. The number of pyridine rings is 1. The molecule has 0 atom stereocenters. The average molecular weight is 350 g/mol. The maximum atomic E-state index is 6.32. The number of fused-ring (bicyclic) bond motifs is 1. The first kappa shape index (κ1) is 16.1. The van der Waals surface area contributed by atoms with E-state index in [0.29, 0.717) is 5.02 Å². The molecule has 25 heavy (non-hydrogen) atoms. The summed E-state index contributed by atoms with van der Waals surface area (Å²) in [7, 11) is 0. The molecular weight excluding hydrogens is 330 g/mol. The van der Waals surface area contributed by atoms with E-state index < -0.39 is 0 Å². The van der Waals surface area contributed by atoms with Gasteiger partial charge in [0, 0.05) is 22.8 Å². The first-order valence-corrected chi connectivity index (χ1v) is 8.91. The van der Waals surface area contributed by atoms with Crippen molar-refractivity contribution in [1.29, 1.82) is 0 Å². The summed E-state index contributed by atoms with van der Waals surface area (Å²) in [6.45, 7) is 4.12. The van der Waals surface area contributed by atoms with Crippen molar-refractivity contribution in [1.82, 2.24) is 10.3 Å². The summed E-state index contributed by atoms with van der Waals surface area (Å²) in [5, 5.41) is 7.67. The van der Waals surface area contributed by atoms with Gasteiger partial charge in [-0.2, -0.15) is 0 Å². The summed E-state index contributed by atoms with van der Waals surface area (Å²) in [5.41, 5.74) is 7.10. The summed E-state index contributed by atoms with van der Waals surface area (Å²) in [4.78, 5) is 4.76. The lowest BCUT2D eigenvalue weighted by molar-refractivity contribution is 0.641. The minimum absolute atomic E-state index is 0.714. The van der Waals surface area contributed by atoms with Gasteiger partial charge in [-0.1, -0.05) is 41.9 Å². The summed E-state index contributed by atoms with van der Waals surface area (Å²) in [6.07, 6.45) is 1.03. The molecule has 126 valence electrons. The topological polar surface area (TPSA) is 37.0 Å². The quantitative estimate of drug-likeness (QED) is 0.690. The van der Waals surface area contributed by atoms with Gasteiger partial charge in [-0.05, 0) is 60.8 Å². The monoisotopic (exact) mass is 349 g/mol. The molecule has 0 amide bonds. The van der Waals surface area contributed by atoms with Crippen LogP contribution in [0, 0.1) is 6.92 Å². The highest BCUT2D eigenvalue weighted by atomic mass is 35.5. The number of benzene rings is 2. The molecule has 0 saturated heterocycles. The van der Waals surface area contributed by atoms with Gasteiger partial charge in [0.25, 0.3) is 0 Å². The number of nitrogens with zero attached hydrogens (tertiary/aromatic N) is 1.